The number of nitrogens with one attached hydrogen (secondary N) is 1. The minimum Gasteiger partial charge on any atom is -0.493 e. The number of aromatic nitrogens is 4. The van der Waals surface area contributed by atoms with E-state index in [0.29, 0.717) is 88.7 Å². The molecule has 0 aliphatic heterocycles. The van der Waals surface area contributed by atoms with Crippen LogP contribution in [-0.2, 0) is 22.4 Å². The number of amides is 1. The number of thiazole rings is 2. The lowest BCUT2D eigenvalue weighted by molar-refractivity contribution is -0.115. The van der Waals surface area contributed by atoms with Gasteiger partial charge >= 0.3 is 0 Å². The molecule has 0 saturated heterocycles. The molecule has 0 fully saturated rings. The van der Waals surface area contributed by atoms with Gasteiger partial charge in [0.15, 0.2) is 56.4 Å². The number of carbonyl (C=O) groups excluding carboxylic acids is 2. The highest BCUT2D eigenvalue weighted by molar-refractivity contribution is 7.22. The molecular formula is C53H45ClF2N6O8S2. The summed E-state index contributed by atoms with van der Waals surface area (Å²) in [7, 11) is 6.17. The molecule has 6 aromatic carbocycles. The molecule has 0 aliphatic carbocycles. The van der Waals surface area contributed by atoms with Crippen LogP contribution >= 0.6 is 34.3 Å². The molecule has 19 heteroatoms. The molecule has 0 atom stereocenters. The number of hydrogen-bond donors (Lipinski definition) is 2. The van der Waals surface area contributed by atoms with E-state index < -0.39 is 11.6 Å². The number of benzene rings is 6. The van der Waals surface area contributed by atoms with Crippen LogP contribution in [0.3, 0.4) is 0 Å². The Labute approximate surface area is 424 Å². The summed E-state index contributed by atoms with van der Waals surface area (Å²) in [5.74, 6) is 1.82. The van der Waals surface area contributed by atoms with Gasteiger partial charge in [0.1, 0.15) is 11.5 Å². The van der Waals surface area contributed by atoms with Crippen molar-refractivity contribution in [3.63, 3.8) is 0 Å². The second-order valence-corrected chi connectivity index (χ2v) is 17.6. The fourth-order valence-corrected chi connectivity index (χ4v) is 8.89. The van der Waals surface area contributed by atoms with Crippen molar-refractivity contribution in [2.45, 2.75) is 20.3 Å². The highest BCUT2D eigenvalue weighted by atomic mass is 35.5. The van der Waals surface area contributed by atoms with Crippen LogP contribution in [-0.4, -0.2) is 59.5 Å². The molecule has 0 unspecified atom stereocenters. The number of anilines is 2. The van der Waals surface area contributed by atoms with Gasteiger partial charge in [0, 0.05) is 66.0 Å². The van der Waals surface area contributed by atoms with E-state index in [4.69, 9.17) is 45.8 Å². The summed E-state index contributed by atoms with van der Waals surface area (Å²) in [5.41, 5.74) is 9.73. The number of ether oxygens (including phenoxy) is 6. The fourth-order valence-electron chi connectivity index (χ4n) is 7.10. The number of nitrogen functional groups attached to an aromatic ring is 1. The molecule has 0 aliphatic rings. The van der Waals surface area contributed by atoms with Crippen LogP contribution in [0.2, 0.25) is 0 Å². The molecule has 368 valence electrons. The predicted molar refractivity (Wildman–Crippen MR) is 280 cm³/mol. The lowest BCUT2D eigenvalue weighted by Gasteiger charge is -2.12. The number of nitrogens with two attached hydrogens (primary N) is 1. The number of fused-ring (bicyclic) bond motifs is 4. The Bertz CT molecular complexity index is 3530. The van der Waals surface area contributed by atoms with Gasteiger partial charge in [0.25, 0.3) is 0 Å². The van der Waals surface area contributed by atoms with E-state index in [0.717, 1.165) is 15.8 Å². The molecule has 72 heavy (non-hydrogen) atoms. The van der Waals surface area contributed by atoms with Crippen LogP contribution in [0.15, 0.2) is 134 Å². The number of carbonyl (C=O) groups is 2. The van der Waals surface area contributed by atoms with Crippen LogP contribution in [0.5, 0.6) is 46.0 Å². The monoisotopic (exact) mass is 1030 g/mol. The van der Waals surface area contributed by atoms with E-state index in [2.05, 4.69) is 25.3 Å². The summed E-state index contributed by atoms with van der Waals surface area (Å²) in [6, 6.07) is 34.9. The van der Waals surface area contributed by atoms with E-state index in [1.165, 1.54) is 41.9 Å². The molecule has 4 aromatic heterocycles. The minimum absolute atomic E-state index is 0. The van der Waals surface area contributed by atoms with Crippen LogP contribution in [0.25, 0.3) is 42.2 Å². The molecule has 1 amide bonds. The van der Waals surface area contributed by atoms with Crippen LogP contribution < -0.4 is 39.5 Å². The molecule has 4 heterocycles. The molecule has 0 radical (unpaired) electrons. The highest BCUT2D eigenvalue weighted by Crippen LogP contribution is 2.41. The molecule has 0 spiro atoms. The van der Waals surface area contributed by atoms with Crippen molar-refractivity contribution < 1.29 is 46.8 Å². The zero-order valence-electron chi connectivity index (χ0n) is 38.2. The minimum atomic E-state index is -0.574. The van der Waals surface area contributed by atoms with Crippen molar-refractivity contribution in [3.8, 4) is 46.0 Å². The highest BCUT2D eigenvalue weighted by Gasteiger charge is 2.18. The van der Waals surface area contributed by atoms with Gasteiger partial charge in [-0.25, -0.2) is 18.7 Å². The third-order valence-corrected chi connectivity index (χ3v) is 12.3. The number of methoxy groups -OCH3 is 4. The molecule has 14 nitrogen and oxygen atoms in total. The Morgan fingerprint density at radius 2 is 1.00 bits per heavy atom. The van der Waals surface area contributed by atoms with E-state index in [-0.39, 0.29) is 36.5 Å². The van der Waals surface area contributed by atoms with Gasteiger partial charge in [-0.1, -0.05) is 90.8 Å². The van der Waals surface area contributed by atoms with Gasteiger partial charge in [-0.05, 0) is 47.0 Å². The Hall–Kier alpha value is -8.19. The summed E-state index contributed by atoms with van der Waals surface area (Å²) < 4.78 is 63.9. The Morgan fingerprint density at radius 3 is 1.47 bits per heavy atom. The third-order valence-electron chi connectivity index (χ3n) is 10.4. The average molecular weight is 1030 g/mol. The van der Waals surface area contributed by atoms with Crippen molar-refractivity contribution in [2.75, 3.05) is 39.5 Å². The first-order chi connectivity index (χ1) is 34.4. The number of nitrogens with zero attached hydrogens (tertiary/aromatic N) is 4. The zero-order chi connectivity index (χ0) is 50.0. The maximum atomic E-state index is 14.9. The van der Waals surface area contributed by atoms with Gasteiger partial charge < -0.3 is 39.5 Å². The SMILES string of the molecule is C.COc1cc2nccc(Oc3cc4sc(N)nc4cc3F)c2cc1OC.COc1cc2nccc(Oc3cc4sc(NC(=O)Cc5ccccc5)nc4cc3F)c2cc1OC.O=C(Cl)Cc1ccccc1. The second-order valence-electron chi connectivity index (χ2n) is 15.1. The van der Waals surface area contributed by atoms with Crippen molar-refractivity contribution in [3.05, 3.63) is 156 Å². The molecule has 0 bridgehead atoms. The van der Waals surface area contributed by atoms with Crippen LogP contribution in [0, 0.1) is 11.6 Å². The van der Waals surface area contributed by atoms with E-state index >= 15 is 0 Å². The molecule has 10 aromatic rings. The first kappa shape index (κ1) is 51.7. The summed E-state index contributed by atoms with van der Waals surface area (Å²) in [6.45, 7) is 0. The second kappa shape index (κ2) is 23.6. The summed E-state index contributed by atoms with van der Waals surface area (Å²) in [4.78, 5) is 39.8. The number of rotatable bonds is 13. The van der Waals surface area contributed by atoms with Crippen LogP contribution in [0.1, 0.15) is 18.6 Å². The summed E-state index contributed by atoms with van der Waals surface area (Å²) in [6.07, 6.45) is 3.71. The number of pyridine rings is 2. The van der Waals surface area contributed by atoms with Crippen molar-refractivity contribution in [1.29, 1.82) is 0 Å². The molecule has 10 rings (SSSR count). The molecule has 3 N–H and O–H groups in total. The quantitative estimate of drug-likeness (QED) is 0.104. The molecular weight excluding hydrogens is 986 g/mol. The lowest BCUT2D eigenvalue weighted by atomic mass is 10.1. The van der Waals surface area contributed by atoms with Crippen molar-refractivity contribution >= 4 is 97.9 Å². The molecule has 0 saturated carbocycles. The summed E-state index contributed by atoms with van der Waals surface area (Å²) >= 11 is 7.69. The maximum absolute atomic E-state index is 14.9. The van der Waals surface area contributed by atoms with Gasteiger partial charge in [-0.3, -0.25) is 19.6 Å². The topological polar surface area (TPSA) is 179 Å². The van der Waals surface area contributed by atoms with E-state index in [9.17, 15) is 18.4 Å². The van der Waals surface area contributed by atoms with Crippen LogP contribution in [0.4, 0.5) is 19.0 Å². The zero-order valence-corrected chi connectivity index (χ0v) is 40.6. The van der Waals surface area contributed by atoms with Crippen molar-refractivity contribution in [1.82, 2.24) is 19.9 Å². The smallest absolute Gasteiger partial charge is 0.230 e. The first-order valence-corrected chi connectivity index (χ1v) is 23.3. The Kier molecular flexibility index (Phi) is 16.9. The maximum Gasteiger partial charge on any atom is 0.230 e. The normalized spacial score (nSPS) is 10.6. The predicted octanol–water partition coefficient (Wildman–Crippen LogP) is 13.0. The number of halogens is 3. The van der Waals surface area contributed by atoms with Gasteiger partial charge in [0.2, 0.25) is 11.1 Å². The Morgan fingerprint density at radius 1 is 0.556 bits per heavy atom. The number of hydrogen-bond acceptors (Lipinski definition) is 15. The fraction of sp³-hybridized carbons (Fsp3) is 0.132. The lowest BCUT2D eigenvalue weighted by Crippen LogP contribution is -2.13. The summed E-state index contributed by atoms with van der Waals surface area (Å²) in [5, 5.41) is 4.56. The standard InChI is InChI=1S/C26H20FN3O4S.C18H14FN3O3S.C8H7ClO.CH4/c1-32-22-11-16-18(13-23(22)33-2)28-9-8-20(16)34-21-14-24-19(12-17(21)27)29-26(35-24)30-25(31)10-15-6-4-3-5-7-15;1-23-15-5-9-11(7-16(15)24-2)21-4-3-13(9)25-14-8-17-12(6-10(14)19)22-18(20)26-17;9-8(10)6-7-4-2-1-3-5-7;/h3-9,11-14H,10H2,1-2H3,(H,29,30,31);3-8H,1-2H3,(H2,20,22);1-5H,6H2;1H4. The van der Waals surface area contributed by atoms with Gasteiger partial charge in [0.05, 0.1) is 66.3 Å². The third kappa shape index (κ3) is 12.4. The van der Waals surface area contributed by atoms with Gasteiger partial charge in [-0.2, -0.15) is 0 Å². The van der Waals surface area contributed by atoms with E-state index in [1.54, 1.807) is 82.3 Å². The Balaban J connectivity index is 0.000000180. The first-order valence-electron chi connectivity index (χ1n) is 21.3. The average Bonchev–Trinajstić information content (AvgIpc) is 3.93. The largest absolute Gasteiger partial charge is 0.493 e. The van der Waals surface area contributed by atoms with Crippen molar-refractivity contribution in [2.24, 2.45) is 0 Å². The van der Waals surface area contributed by atoms with E-state index in [1.807, 2.05) is 60.7 Å². The van der Waals surface area contributed by atoms with Gasteiger partial charge in [-0.15, -0.1) is 0 Å².